The molecular formula is C13H11BrFN3O. The van der Waals surface area contributed by atoms with Gasteiger partial charge >= 0.3 is 0 Å². The highest BCUT2D eigenvalue weighted by Crippen LogP contribution is 2.18. The van der Waals surface area contributed by atoms with E-state index in [0.717, 1.165) is 4.47 Å². The Morgan fingerprint density at radius 1 is 1.37 bits per heavy atom. The number of nitrogen functional groups attached to an aromatic ring is 1. The van der Waals surface area contributed by atoms with Crippen LogP contribution < -0.4 is 10.5 Å². The topological polar surface area (TPSA) is 72.0 Å². The Kier molecular flexibility index (Phi) is 4.11. The number of hydrogen-bond acceptors (Lipinski definition) is 3. The molecule has 2 rings (SSSR count). The highest BCUT2D eigenvalue weighted by Gasteiger charge is 2.08. The molecule has 0 bridgehead atoms. The van der Waals surface area contributed by atoms with Crippen LogP contribution in [0, 0.1) is 11.2 Å². The van der Waals surface area contributed by atoms with Gasteiger partial charge in [-0.3, -0.25) is 10.4 Å². The van der Waals surface area contributed by atoms with Gasteiger partial charge in [-0.15, -0.1) is 0 Å². The van der Waals surface area contributed by atoms with Crippen molar-refractivity contribution in [1.82, 2.24) is 4.98 Å². The molecule has 1 aromatic heterocycles. The van der Waals surface area contributed by atoms with Crippen molar-refractivity contribution in [2.75, 3.05) is 0 Å². The van der Waals surface area contributed by atoms with Crippen LogP contribution in [-0.2, 0) is 6.61 Å². The first-order valence-electron chi connectivity index (χ1n) is 5.42. The maximum absolute atomic E-state index is 13.1. The fraction of sp³-hybridized carbons (Fsp3) is 0.0769. The monoisotopic (exact) mass is 323 g/mol. The quantitative estimate of drug-likeness (QED) is 0.671. The highest BCUT2D eigenvalue weighted by atomic mass is 79.9. The summed E-state index contributed by atoms with van der Waals surface area (Å²) in [6.07, 6.45) is 3.22. The molecule has 0 aliphatic carbocycles. The number of halogens is 2. The van der Waals surface area contributed by atoms with Gasteiger partial charge in [-0.05, 0) is 34.1 Å². The minimum atomic E-state index is -0.432. The van der Waals surface area contributed by atoms with E-state index < -0.39 is 5.82 Å². The lowest BCUT2D eigenvalue weighted by Gasteiger charge is -2.10. The van der Waals surface area contributed by atoms with Crippen molar-refractivity contribution in [3.05, 3.63) is 58.1 Å². The van der Waals surface area contributed by atoms with Crippen LogP contribution in [0.25, 0.3) is 0 Å². The predicted octanol–water partition coefficient (Wildman–Crippen LogP) is 2.85. The van der Waals surface area contributed by atoms with Gasteiger partial charge in [0.15, 0.2) is 0 Å². The largest absolute Gasteiger partial charge is 0.487 e. The fourth-order valence-corrected chi connectivity index (χ4v) is 1.90. The van der Waals surface area contributed by atoms with Gasteiger partial charge in [-0.2, -0.15) is 0 Å². The van der Waals surface area contributed by atoms with E-state index in [0.29, 0.717) is 16.9 Å². The van der Waals surface area contributed by atoms with Crippen LogP contribution in [0.15, 0.2) is 41.1 Å². The molecule has 0 atom stereocenters. The number of ether oxygens (including phenoxy) is 1. The van der Waals surface area contributed by atoms with Crippen molar-refractivity contribution in [2.45, 2.75) is 6.61 Å². The van der Waals surface area contributed by atoms with Gasteiger partial charge in [0.25, 0.3) is 0 Å². The Hall–Kier alpha value is -1.95. The minimum absolute atomic E-state index is 0.188. The van der Waals surface area contributed by atoms with Crippen molar-refractivity contribution in [2.24, 2.45) is 5.73 Å². The van der Waals surface area contributed by atoms with E-state index in [9.17, 15) is 4.39 Å². The smallest absolute Gasteiger partial charge is 0.139 e. The van der Waals surface area contributed by atoms with Crippen molar-refractivity contribution < 1.29 is 9.13 Å². The minimum Gasteiger partial charge on any atom is -0.487 e. The summed E-state index contributed by atoms with van der Waals surface area (Å²) >= 11 is 3.29. The first-order valence-corrected chi connectivity index (χ1v) is 6.22. The molecule has 1 aromatic carbocycles. The zero-order chi connectivity index (χ0) is 13.8. The second-order valence-electron chi connectivity index (χ2n) is 3.84. The van der Waals surface area contributed by atoms with Gasteiger partial charge in [-0.1, -0.05) is 6.07 Å². The van der Waals surface area contributed by atoms with Crippen molar-refractivity contribution in [3.63, 3.8) is 0 Å². The van der Waals surface area contributed by atoms with Gasteiger partial charge in [0, 0.05) is 21.8 Å². The number of nitrogens with two attached hydrogens (primary N) is 1. The zero-order valence-electron chi connectivity index (χ0n) is 9.86. The van der Waals surface area contributed by atoms with Crippen LogP contribution in [0.5, 0.6) is 5.75 Å². The van der Waals surface area contributed by atoms with E-state index in [-0.39, 0.29) is 12.4 Å². The van der Waals surface area contributed by atoms with E-state index in [4.69, 9.17) is 15.9 Å². The first kappa shape index (κ1) is 13.5. The number of benzene rings is 1. The summed E-state index contributed by atoms with van der Waals surface area (Å²) in [5, 5.41) is 7.43. The van der Waals surface area contributed by atoms with Crippen LogP contribution in [0.2, 0.25) is 0 Å². The summed E-state index contributed by atoms with van der Waals surface area (Å²) in [5.41, 5.74) is 6.40. The second kappa shape index (κ2) is 5.79. The lowest BCUT2D eigenvalue weighted by molar-refractivity contribution is 0.304. The molecule has 0 amide bonds. The molecule has 0 saturated heterocycles. The summed E-state index contributed by atoms with van der Waals surface area (Å²) in [5.74, 6) is -0.0447. The number of nitrogens with one attached hydrogen (secondary N) is 1. The summed E-state index contributed by atoms with van der Waals surface area (Å²) in [6, 6.07) is 5.85. The third-order valence-electron chi connectivity index (χ3n) is 2.44. The third-order valence-corrected chi connectivity index (χ3v) is 2.87. The predicted molar refractivity (Wildman–Crippen MR) is 73.7 cm³/mol. The maximum Gasteiger partial charge on any atom is 0.139 e. The lowest BCUT2D eigenvalue weighted by Crippen LogP contribution is -2.15. The van der Waals surface area contributed by atoms with Crippen LogP contribution in [-0.4, -0.2) is 10.8 Å². The molecule has 0 saturated carbocycles. The van der Waals surface area contributed by atoms with Crippen LogP contribution >= 0.6 is 15.9 Å². The molecule has 0 aliphatic heterocycles. The number of rotatable bonds is 4. The van der Waals surface area contributed by atoms with Crippen molar-refractivity contribution >= 4 is 21.8 Å². The van der Waals surface area contributed by atoms with E-state index in [1.165, 1.54) is 12.1 Å². The van der Waals surface area contributed by atoms with Gasteiger partial charge in [-0.25, -0.2) is 4.39 Å². The highest BCUT2D eigenvalue weighted by molar-refractivity contribution is 9.10. The molecule has 0 aliphatic rings. The summed E-state index contributed by atoms with van der Waals surface area (Å²) in [7, 11) is 0. The van der Waals surface area contributed by atoms with Crippen molar-refractivity contribution in [3.8, 4) is 5.75 Å². The van der Waals surface area contributed by atoms with Crippen molar-refractivity contribution in [1.29, 1.82) is 5.41 Å². The number of nitrogens with zero attached hydrogens (tertiary/aromatic N) is 1. The number of hydrogen-bond donors (Lipinski definition) is 2. The van der Waals surface area contributed by atoms with Crippen LogP contribution in [0.4, 0.5) is 4.39 Å². The Morgan fingerprint density at radius 2 is 2.16 bits per heavy atom. The Balaban J connectivity index is 2.17. The zero-order valence-corrected chi connectivity index (χ0v) is 11.4. The standard InChI is InChI=1S/C13H11BrFN3O/c14-9-3-11(6-18-5-9)19-7-8-1-2-10(15)4-12(8)13(16)17/h1-6H,7H2,(H3,16,17). The molecule has 0 spiro atoms. The van der Waals surface area contributed by atoms with E-state index >= 15 is 0 Å². The summed E-state index contributed by atoms with van der Waals surface area (Å²) < 4.78 is 19.5. The average molecular weight is 324 g/mol. The molecule has 98 valence electrons. The van der Waals surface area contributed by atoms with Crippen LogP contribution in [0.3, 0.4) is 0 Å². The molecule has 3 N–H and O–H groups in total. The van der Waals surface area contributed by atoms with Gasteiger partial charge in [0.05, 0.1) is 6.20 Å². The second-order valence-corrected chi connectivity index (χ2v) is 4.76. The van der Waals surface area contributed by atoms with E-state index in [2.05, 4.69) is 20.9 Å². The fourth-order valence-electron chi connectivity index (χ4n) is 1.56. The molecule has 6 heteroatoms. The molecule has 4 nitrogen and oxygen atoms in total. The normalized spacial score (nSPS) is 10.2. The molecule has 0 unspecified atom stereocenters. The molecular weight excluding hydrogens is 313 g/mol. The third kappa shape index (κ3) is 3.51. The summed E-state index contributed by atoms with van der Waals surface area (Å²) in [6.45, 7) is 0.188. The molecule has 1 heterocycles. The van der Waals surface area contributed by atoms with Gasteiger partial charge in [0.1, 0.15) is 24.0 Å². The SMILES string of the molecule is N=C(N)c1cc(F)ccc1COc1cncc(Br)c1. The van der Waals surface area contributed by atoms with Crippen LogP contribution in [0.1, 0.15) is 11.1 Å². The lowest BCUT2D eigenvalue weighted by atomic mass is 10.1. The first-order chi connectivity index (χ1) is 9.06. The van der Waals surface area contributed by atoms with E-state index in [1.807, 2.05) is 0 Å². The molecule has 0 radical (unpaired) electrons. The Bertz CT molecular complexity index is 619. The Morgan fingerprint density at radius 3 is 2.84 bits per heavy atom. The maximum atomic E-state index is 13.1. The molecule has 19 heavy (non-hydrogen) atoms. The number of aromatic nitrogens is 1. The summed E-state index contributed by atoms with van der Waals surface area (Å²) in [4.78, 5) is 3.97. The number of pyridine rings is 1. The molecule has 2 aromatic rings. The molecule has 0 fully saturated rings. The van der Waals surface area contributed by atoms with Gasteiger partial charge in [0.2, 0.25) is 0 Å². The Labute approximate surface area is 118 Å². The average Bonchev–Trinajstić information content (AvgIpc) is 2.37. The van der Waals surface area contributed by atoms with E-state index in [1.54, 1.807) is 24.5 Å². The number of amidine groups is 1. The van der Waals surface area contributed by atoms with Gasteiger partial charge < -0.3 is 10.5 Å².